The first-order valence-electron chi connectivity index (χ1n) is 4.61. The third-order valence-corrected chi connectivity index (χ3v) is 2.40. The minimum atomic E-state index is -0.0808. The van der Waals surface area contributed by atoms with E-state index >= 15 is 0 Å². The number of fused-ring (bicyclic) bond motifs is 1. The average Bonchev–Trinajstić information content (AvgIpc) is 2.27. The van der Waals surface area contributed by atoms with Crippen LogP contribution in [-0.4, -0.2) is 11.7 Å². The molecule has 1 aliphatic heterocycles. The van der Waals surface area contributed by atoms with Crippen molar-refractivity contribution in [3.63, 3.8) is 0 Å². The van der Waals surface area contributed by atoms with Crippen LogP contribution in [0.3, 0.4) is 0 Å². The predicted molar refractivity (Wildman–Crippen MR) is 53.4 cm³/mol. The van der Waals surface area contributed by atoms with E-state index < -0.39 is 0 Å². The lowest BCUT2D eigenvalue weighted by atomic mass is 10.0. The topological polar surface area (TPSA) is 46.2 Å². The van der Waals surface area contributed by atoms with E-state index in [1.165, 1.54) is 0 Å². The summed E-state index contributed by atoms with van der Waals surface area (Å²) in [6.45, 7) is 1.88. The van der Waals surface area contributed by atoms with Crippen LogP contribution in [0.25, 0.3) is 0 Å². The standard InChI is InChI=1S/C11H11NO2/c1-7-3-2-4-8-11(7)9(13)5-6-10(14)12-8/h2-4H,5-6H2,1H3,(H,12,14). The van der Waals surface area contributed by atoms with Crippen LogP contribution >= 0.6 is 0 Å². The van der Waals surface area contributed by atoms with Crippen LogP contribution in [-0.2, 0) is 4.79 Å². The Morgan fingerprint density at radius 3 is 2.79 bits per heavy atom. The van der Waals surface area contributed by atoms with Crippen molar-refractivity contribution in [2.24, 2.45) is 0 Å². The molecule has 1 amide bonds. The molecule has 1 heterocycles. The Morgan fingerprint density at radius 1 is 1.21 bits per heavy atom. The molecule has 1 N–H and O–H groups in total. The molecule has 2 rings (SSSR count). The Hall–Kier alpha value is -1.64. The van der Waals surface area contributed by atoms with Crippen molar-refractivity contribution in [2.45, 2.75) is 19.8 Å². The number of hydrogen-bond donors (Lipinski definition) is 1. The molecule has 0 unspecified atom stereocenters. The van der Waals surface area contributed by atoms with Crippen molar-refractivity contribution in [3.05, 3.63) is 29.3 Å². The molecule has 0 saturated heterocycles. The molecular formula is C11H11NO2. The van der Waals surface area contributed by atoms with Gasteiger partial charge >= 0.3 is 0 Å². The van der Waals surface area contributed by atoms with Gasteiger partial charge in [0.2, 0.25) is 5.91 Å². The largest absolute Gasteiger partial charge is 0.325 e. The lowest BCUT2D eigenvalue weighted by molar-refractivity contribution is -0.116. The van der Waals surface area contributed by atoms with Crippen LogP contribution < -0.4 is 5.32 Å². The van der Waals surface area contributed by atoms with E-state index in [2.05, 4.69) is 5.32 Å². The fourth-order valence-corrected chi connectivity index (χ4v) is 1.71. The molecule has 0 aliphatic carbocycles. The molecule has 1 aromatic carbocycles. The van der Waals surface area contributed by atoms with Gasteiger partial charge in [0.05, 0.1) is 5.69 Å². The van der Waals surface area contributed by atoms with Gasteiger partial charge < -0.3 is 5.32 Å². The van der Waals surface area contributed by atoms with Gasteiger partial charge in [0.25, 0.3) is 0 Å². The van der Waals surface area contributed by atoms with E-state index in [4.69, 9.17) is 0 Å². The van der Waals surface area contributed by atoms with Crippen molar-refractivity contribution in [1.82, 2.24) is 0 Å². The number of amides is 1. The molecule has 72 valence electrons. The van der Waals surface area contributed by atoms with Gasteiger partial charge in [0.15, 0.2) is 5.78 Å². The number of aryl methyl sites for hydroxylation is 1. The SMILES string of the molecule is Cc1cccc2c1C(=O)CCC(=O)N2. The number of rotatable bonds is 0. The van der Waals surface area contributed by atoms with Crippen molar-refractivity contribution in [1.29, 1.82) is 0 Å². The Morgan fingerprint density at radius 2 is 2.00 bits per heavy atom. The molecule has 14 heavy (non-hydrogen) atoms. The van der Waals surface area contributed by atoms with Gasteiger partial charge in [-0.15, -0.1) is 0 Å². The first-order chi connectivity index (χ1) is 6.68. The lowest BCUT2D eigenvalue weighted by Crippen LogP contribution is -2.09. The number of nitrogens with one attached hydrogen (secondary N) is 1. The predicted octanol–water partition coefficient (Wildman–Crippen LogP) is 1.91. The summed E-state index contributed by atoms with van der Waals surface area (Å²) in [7, 11) is 0. The number of hydrogen-bond acceptors (Lipinski definition) is 2. The van der Waals surface area contributed by atoms with Crippen LogP contribution in [0.4, 0.5) is 5.69 Å². The summed E-state index contributed by atoms with van der Waals surface area (Å²) in [4.78, 5) is 22.9. The first-order valence-corrected chi connectivity index (χ1v) is 4.61. The second-order valence-electron chi connectivity index (χ2n) is 3.47. The molecule has 3 nitrogen and oxygen atoms in total. The van der Waals surface area contributed by atoms with Gasteiger partial charge in [-0.2, -0.15) is 0 Å². The minimum Gasteiger partial charge on any atom is -0.325 e. The van der Waals surface area contributed by atoms with Crippen LogP contribution in [0.1, 0.15) is 28.8 Å². The number of carbonyl (C=O) groups excluding carboxylic acids is 2. The molecule has 1 aromatic rings. The van der Waals surface area contributed by atoms with E-state index in [0.717, 1.165) is 5.56 Å². The average molecular weight is 189 g/mol. The zero-order valence-electron chi connectivity index (χ0n) is 7.96. The van der Waals surface area contributed by atoms with E-state index in [-0.39, 0.29) is 18.1 Å². The summed E-state index contributed by atoms with van der Waals surface area (Å²) in [5.41, 5.74) is 2.24. The second-order valence-corrected chi connectivity index (χ2v) is 3.47. The summed E-state index contributed by atoms with van der Waals surface area (Å²) in [5, 5.41) is 2.73. The van der Waals surface area contributed by atoms with Gasteiger partial charge in [-0.3, -0.25) is 9.59 Å². The molecule has 0 fully saturated rings. The highest BCUT2D eigenvalue weighted by molar-refractivity contribution is 6.09. The number of ketones is 1. The Labute approximate surface area is 82.1 Å². The highest BCUT2D eigenvalue weighted by atomic mass is 16.2. The zero-order valence-corrected chi connectivity index (χ0v) is 7.96. The van der Waals surface area contributed by atoms with Crippen molar-refractivity contribution >= 4 is 17.4 Å². The number of carbonyl (C=O) groups is 2. The maximum Gasteiger partial charge on any atom is 0.224 e. The smallest absolute Gasteiger partial charge is 0.224 e. The Bertz CT molecular complexity index is 410. The number of anilines is 1. The zero-order chi connectivity index (χ0) is 10.1. The summed E-state index contributed by atoms with van der Waals surface area (Å²) < 4.78 is 0. The molecule has 0 radical (unpaired) electrons. The van der Waals surface area contributed by atoms with Crippen LogP contribution in [0.2, 0.25) is 0 Å². The van der Waals surface area contributed by atoms with E-state index in [1.807, 2.05) is 19.1 Å². The monoisotopic (exact) mass is 189 g/mol. The van der Waals surface area contributed by atoms with Gasteiger partial charge in [0, 0.05) is 18.4 Å². The Balaban J connectivity index is 2.57. The van der Waals surface area contributed by atoms with E-state index in [1.54, 1.807) is 6.07 Å². The fraction of sp³-hybridized carbons (Fsp3) is 0.273. The summed E-state index contributed by atoms with van der Waals surface area (Å²) in [6, 6.07) is 5.49. The van der Waals surface area contributed by atoms with Crippen molar-refractivity contribution < 1.29 is 9.59 Å². The third kappa shape index (κ3) is 1.41. The Kier molecular flexibility index (Phi) is 2.08. The molecule has 0 aromatic heterocycles. The fourth-order valence-electron chi connectivity index (χ4n) is 1.71. The summed E-state index contributed by atoms with van der Waals surface area (Å²) in [6.07, 6.45) is 0.594. The highest BCUT2D eigenvalue weighted by Gasteiger charge is 2.20. The third-order valence-electron chi connectivity index (χ3n) is 2.40. The normalized spacial score (nSPS) is 15.8. The molecule has 0 bridgehead atoms. The van der Waals surface area contributed by atoms with Gasteiger partial charge in [-0.05, 0) is 18.6 Å². The van der Waals surface area contributed by atoms with E-state index in [9.17, 15) is 9.59 Å². The van der Waals surface area contributed by atoms with Crippen molar-refractivity contribution in [2.75, 3.05) is 5.32 Å². The molecule has 1 aliphatic rings. The maximum absolute atomic E-state index is 11.7. The van der Waals surface area contributed by atoms with Crippen LogP contribution in [0.15, 0.2) is 18.2 Å². The second kappa shape index (κ2) is 3.25. The van der Waals surface area contributed by atoms with Gasteiger partial charge in [-0.1, -0.05) is 12.1 Å². The number of benzene rings is 1. The number of Topliss-reactive ketones (excluding diaryl/α,β-unsaturated/α-hetero) is 1. The van der Waals surface area contributed by atoms with Crippen LogP contribution in [0, 0.1) is 6.92 Å². The highest BCUT2D eigenvalue weighted by Crippen LogP contribution is 2.24. The molecule has 0 saturated carbocycles. The summed E-state index contributed by atoms with van der Waals surface area (Å²) >= 11 is 0. The summed E-state index contributed by atoms with van der Waals surface area (Å²) in [5.74, 6) is -0.0286. The van der Waals surface area contributed by atoms with Gasteiger partial charge in [0.1, 0.15) is 0 Å². The van der Waals surface area contributed by atoms with Crippen LogP contribution in [0.5, 0.6) is 0 Å². The molecule has 0 spiro atoms. The minimum absolute atomic E-state index is 0.0523. The maximum atomic E-state index is 11.7. The van der Waals surface area contributed by atoms with Gasteiger partial charge in [-0.25, -0.2) is 0 Å². The molecule has 0 atom stereocenters. The molecular weight excluding hydrogens is 178 g/mol. The lowest BCUT2D eigenvalue weighted by Gasteiger charge is -2.07. The van der Waals surface area contributed by atoms with E-state index in [0.29, 0.717) is 17.7 Å². The first kappa shape index (κ1) is 8.94. The molecule has 3 heteroatoms. The van der Waals surface area contributed by atoms with Crippen molar-refractivity contribution in [3.8, 4) is 0 Å². The quantitative estimate of drug-likeness (QED) is 0.677.